The maximum Gasteiger partial charge on any atom is 0.226 e. The number of benzene rings is 1. The first-order valence-electron chi connectivity index (χ1n) is 7.80. The number of halogens is 1. The summed E-state index contributed by atoms with van der Waals surface area (Å²) in [5.41, 5.74) is 0.978. The number of aliphatic hydroxyl groups excluding tert-OH is 1. The zero-order valence-corrected chi connectivity index (χ0v) is 14.2. The van der Waals surface area contributed by atoms with Gasteiger partial charge in [0.2, 0.25) is 5.91 Å². The molecule has 5 heteroatoms. The van der Waals surface area contributed by atoms with Crippen molar-refractivity contribution in [1.82, 2.24) is 10.2 Å². The van der Waals surface area contributed by atoms with Crippen molar-refractivity contribution in [3.8, 4) is 0 Å². The Hall–Kier alpha value is -1.10. The quantitative estimate of drug-likeness (QED) is 0.872. The van der Waals surface area contributed by atoms with Gasteiger partial charge in [0.15, 0.2) is 0 Å². The number of likely N-dealkylation sites (tertiary alicyclic amines) is 1. The van der Waals surface area contributed by atoms with Crippen molar-refractivity contribution in [3.05, 3.63) is 35.9 Å². The highest BCUT2D eigenvalue weighted by atomic mass is 35.5. The van der Waals surface area contributed by atoms with E-state index in [-0.39, 0.29) is 30.2 Å². The minimum atomic E-state index is -0.418. The zero-order chi connectivity index (χ0) is 15.2. The molecule has 1 aromatic carbocycles. The average Bonchev–Trinajstić information content (AvgIpc) is 2.54. The number of rotatable bonds is 5. The Balaban J connectivity index is 0.00000242. The highest BCUT2D eigenvalue weighted by Gasteiger charge is 2.29. The molecule has 0 spiro atoms. The molecule has 1 amide bonds. The van der Waals surface area contributed by atoms with Gasteiger partial charge in [0, 0.05) is 25.6 Å². The van der Waals surface area contributed by atoms with E-state index in [0.717, 1.165) is 31.5 Å². The minimum Gasteiger partial charge on any atom is -0.388 e. The molecule has 2 rings (SSSR count). The van der Waals surface area contributed by atoms with Crippen LogP contribution in [0.15, 0.2) is 30.3 Å². The lowest BCUT2D eigenvalue weighted by Crippen LogP contribution is -2.44. The lowest BCUT2D eigenvalue weighted by atomic mass is 9.87. The van der Waals surface area contributed by atoms with Gasteiger partial charge in [-0.05, 0) is 31.4 Å². The van der Waals surface area contributed by atoms with Gasteiger partial charge in [0.25, 0.3) is 0 Å². The summed E-state index contributed by atoms with van der Waals surface area (Å²) in [7, 11) is 1.87. The number of amides is 1. The second-order valence-corrected chi connectivity index (χ2v) is 5.98. The number of piperidine rings is 1. The molecule has 1 aliphatic heterocycles. The van der Waals surface area contributed by atoms with Crippen molar-refractivity contribution in [1.29, 1.82) is 0 Å². The first kappa shape index (κ1) is 18.9. The van der Waals surface area contributed by atoms with E-state index >= 15 is 0 Å². The largest absolute Gasteiger partial charge is 0.388 e. The van der Waals surface area contributed by atoms with E-state index in [0.29, 0.717) is 6.54 Å². The average molecular weight is 327 g/mol. The molecular formula is C17H27ClN2O2. The highest BCUT2D eigenvalue weighted by molar-refractivity contribution is 5.85. The number of aliphatic hydroxyl groups is 1. The topological polar surface area (TPSA) is 52.6 Å². The van der Waals surface area contributed by atoms with Gasteiger partial charge in [0.1, 0.15) is 0 Å². The maximum absolute atomic E-state index is 12.3. The van der Waals surface area contributed by atoms with Gasteiger partial charge in [-0.1, -0.05) is 37.3 Å². The summed E-state index contributed by atoms with van der Waals surface area (Å²) in [5.74, 6) is 0.485. The lowest BCUT2D eigenvalue weighted by Gasteiger charge is -2.35. The molecule has 1 saturated heterocycles. The first-order valence-corrected chi connectivity index (χ1v) is 7.80. The van der Waals surface area contributed by atoms with E-state index in [1.165, 1.54) is 0 Å². The number of hydrogen-bond donors (Lipinski definition) is 2. The SMILES string of the molecule is CNCC(C)C(=O)N1CCC(C(O)c2ccccc2)CC1.Cl. The van der Waals surface area contributed by atoms with Crippen LogP contribution in [0.25, 0.3) is 0 Å². The Morgan fingerprint density at radius 3 is 2.45 bits per heavy atom. The molecule has 1 aliphatic rings. The third kappa shape index (κ3) is 4.70. The molecule has 1 aromatic rings. The van der Waals surface area contributed by atoms with Crippen molar-refractivity contribution in [3.63, 3.8) is 0 Å². The third-order valence-corrected chi connectivity index (χ3v) is 4.37. The van der Waals surface area contributed by atoms with Crippen LogP contribution in [0, 0.1) is 11.8 Å². The molecule has 22 heavy (non-hydrogen) atoms. The standard InChI is InChI=1S/C17H26N2O2.ClH/c1-13(12-18-2)17(21)19-10-8-15(9-11-19)16(20)14-6-4-3-5-7-14;/h3-7,13,15-16,18,20H,8-12H2,1-2H3;1H. The normalized spacial score (nSPS) is 18.4. The smallest absolute Gasteiger partial charge is 0.226 e. The van der Waals surface area contributed by atoms with Crippen LogP contribution < -0.4 is 5.32 Å². The van der Waals surface area contributed by atoms with E-state index in [9.17, 15) is 9.90 Å². The Morgan fingerprint density at radius 1 is 1.32 bits per heavy atom. The second kappa shape index (κ2) is 9.13. The zero-order valence-electron chi connectivity index (χ0n) is 13.4. The summed E-state index contributed by atoms with van der Waals surface area (Å²) in [6.45, 7) is 4.18. The fourth-order valence-electron chi connectivity index (χ4n) is 3.06. The molecule has 0 saturated carbocycles. The predicted octanol–water partition coefficient (Wildman–Crippen LogP) is 2.24. The van der Waals surface area contributed by atoms with Gasteiger partial charge in [-0.25, -0.2) is 0 Å². The molecule has 0 radical (unpaired) electrons. The fraction of sp³-hybridized carbons (Fsp3) is 0.588. The maximum atomic E-state index is 12.3. The lowest BCUT2D eigenvalue weighted by molar-refractivity contribution is -0.136. The van der Waals surface area contributed by atoms with Crippen LogP contribution in [-0.2, 0) is 4.79 Å². The van der Waals surface area contributed by atoms with E-state index in [1.54, 1.807) is 0 Å². The van der Waals surface area contributed by atoms with Gasteiger partial charge in [0.05, 0.1) is 6.10 Å². The van der Waals surface area contributed by atoms with Gasteiger partial charge in [-0.2, -0.15) is 0 Å². The Kier molecular flexibility index (Phi) is 7.87. The van der Waals surface area contributed by atoms with Gasteiger partial charge < -0.3 is 15.3 Å². The molecular weight excluding hydrogens is 300 g/mol. The van der Waals surface area contributed by atoms with E-state index < -0.39 is 6.10 Å². The van der Waals surface area contributed by atoms with Crippen molar-refractivity contribution in [2.45, 2.75) is 25.9 Å². The summed E-state index contributed by atoms with van der Waals surface area (Å²) in [6, 6.07) is 9.81. The van der Waals surface area contributed by atoms with Gasteiger partial charge in [-0.3, -0.25) is 4.79 Å². The molecule has 0 aliphatic carbocycles. The third-order valence-electron chi connectivity index (χ3n) is 4.37. The van der Waals surface area contributed by atoms with Gasteiger partial charge >= 0.3 is 0 Å². The first-order chi connectivity index (χ1) is 10.1. The summed E-state index contributed by atoms with van der Waals surface area (Å²) < 4.78 is 0. The van der Waals surface area contributed by atoms with Crippen LogP contribution in [0.3, 0.4) is 0 Å². The monoisotopic (exact) mass is 326 g/mol. The van der Waals surface area contributed by atoms with E-state index in [4.69, 9.17) is 0 Å². The van der Waals surface area contributed by atoms with Crippen LogP contribution >= 0.6 is 12.4 Å². The summed E-state index contributed by atoms with van der Waals surface area (Å²) in [4.78, 5) is 14.2. The molecule has 0 aromatic heterocycles. The van der Waals surface area contributed by atoms with Gasteiger partial charge in [-0.15, -0.1) is 12.4 Å². The number of hydrogen-bond acceptors (Lipinski definition) is 3. The molecule has 1 fully saturated rings. The Labute approximate surface area is 139 Å². The van der Waals surface area contributed by atoms with Crippen molar-refractivity contribution < 1.29 is 9.90 Å². The Morgan fingerprint density at radius 2 is 1.91 bits per heavy atom. The van der Waals surface area contributed by atoms with Crippen LogP contribution in [-0.4, -0.2) is 42.6 Å². The van der Waals surface area contributed by atoms with E-state index in [2.05, 4.69) is 5.32 Å². The molecule has 2 atom stereocenters. The molecule has 0 bridgehead atoms. The Bertz CT molecular complexity index is 447. The van der Waals surface area contributed by atoms with Crippen molar-refractivity contribution in [2.75, 3.05) is 26.7 Å². The summed E-state index contributed by atoms with van der Waals surface area (Å²) in [6.07, 6.45) is 1.32. The molecule has 2 unspecified atom stereocenters. The van der Waals surface area contributed by atoms with Crippen LogP contribution in [0.1, 0.15) is 31.4 Å². The molecule has 4 nitrogen and oxygen atoms in total. The summed E-state index contributed by atoms with van der Waals surface area (Å²) in [5, 5.41) is 13.5. The van der Waals surface area contributed by atoms with Crippen LogP contribution in [0.2, 0.25) is 0 Å². The number of nitrogens with one attached hydrogen (secondary N) is 1. The number of carbonyl (C=O) groups excluding carboxylic acids is 1. The minimum absolute atomic E-state index is 0. The fourth-order valence-corrected chi connectivity index (χ4v) is 3.06. The predicted molar refractivity (Wildman–Crippen MR) is 91.0 cm³/mol. The molecule has 124 valence electrons. The van der Waals surface area contributed by atoms with Crippen LogP contribution in [0.5, 0.6) is 0 Å². The van der Waals surface area contributed by atoms with Crippen LogP contribution in [0.4, 0.5) is 0 Å². The van der Waals surface area contributed by atoms with Crippen molar-refractivity contribution in [2.24, 2.45) is 11.8 Å². The van der Waals surface area contributed by atoms with Crippen molar-refractivity contribution >= 4 is 18.3 Å². The second-order valence-electron chi connectivity index (χ2n) is 5.98. The number of carbonyl (C=O) groups is 1. The summed E-state index contributed by atoms with van der Waals surface area (Å²) >= 11 is 0. The number of nitrogens with zero attached hydrogens (tertiary/aromatic N) is 1. The van der Waals surface area contributed by atoms with E-state index in [1.807, 2.05) is 49.2 Å². The molecule has 1 heterocycles. The molecule has 2 N–H and O–H groups in total. The highest BCUT2D eigenvalue weighted by Crippen LogP contribution is 2.30.